The Hall–Kier alpha value is -3.78. The number of thioether (sulfide) groups is 1. The van der Waals surface area contributed by atoms with E-state index in [9.17, 15) is 4.79 Å². The summed E-state index contributed by atoms with van der Waals surface area (Å²) in [6, 6.07) is 18.9. The van der Waals surface area contributed by atoms with Crippen LogP contribution < -0.4 is 5.56 Å². The zero-order valence-corrected chi connectivity index (χ0v) is 18.3. The molecule has 5 rings (SSSR count). The van der Waals surface area contributed by atoms with Crippen molar-refractivity contribution in [1.29, 1.82) is 0 Å². The Bertz CT molecular complexity index is 1470. The number of para-hydroxylation sites is 1. The van der Waals surface area contributed by atoms with E-state index in [0.29, 0.717) is 39.3 Å². The van der Waals surface area contributed by atoms with E-state index in [1.807, 2.05) is 68.4 Å². The summed E-state index contributed by atoms with van der Waals surface area (Å²) in [6.07, 6.45) is 1.73. The third kappa shape index (κ3) is 3.92. The van der Waals surface area contributed by atoms with E-state index >= 15 is 0 Å². The average Bonchev–Trinajstić information content (AvgIpc) is 3.28. The van der Waals surface area contributed by atoms with Crippen molar-refractivity contribution < 1.29 is 4.52 Å². The van der Waals surface area contributed by atoms with Gasteiger partial charge in [0.1, 0.15) is 5.82 Å². The molecular formula is C24H19N5O2S. The molecule has 0 spiro atoms. The van der Waals surface area contributed by atoms with Gasteiger partial charge in [-0.3, -0.25) is 4.79 Å². The van der Waals surface area contributed by atoms with Crippen molar-refractivity contribution in [1.82, 2.24) is 24.7 Å². The fraction of sp³-hybridized carbons (Fsp3) is 0.125. The van der Waals surface area contributed by atoms with Gasteiger partial charge in [0.2, 0.25) is 0 Å². The van der Waals surface area contributed by atoms with Crippen LogP contribution in [-0.4, -0.2) is 24.7 Å². The van der Waals surface area contributed by atoms with Crippen LogP contribution in [0.3, 0.4) is 0 Å². The van der Waals surface area contributed by atoms with Crippen LogP contribution >= 0.6 is 11.8 Å². The zero-order valence-electron chi connectivity index (χ0n) is 17.5. The highest BCUT2D eigenvalue weighted by Gasteiger charge is 2.16. The molecule has 0 amide bonds. The van der Waals surface area contributed by atoms with Crippen LogP contribution in [-0.2, 0) is 5.75 Å². The van der Waals surface area contributed by atoms with Gasteiger partial charge < -0.3 is 4.52 Å². The first-order valence-electron chi connectivity index (χ1n) is 10.1. The summed E-state index contributed by atoms with van der Waals surface area (Å²) < 4.78 is 6.98. The number of benzene rings is 2. The van der Waals surface area contributed by atoms with Crippen LogP contribution in [0.25, 0.3) is 28.2 Å². The van der Waals surface area contributed by atoms with Crippen molar-refractivity contribution in [2.75, 3.05) is 0 Å². The second kappa shape index (κ2) is 8.39. The first kappa shape index (κ1) is 20.1. The van der Waals surface area contributed by atoms with Crippen molar-refractivity contribution in [2.24, 2.45) is 0 Å². The van der Waals surface area contributed by atoms with E-state index in [2.05, 4.69) is 15.1 Å². The van der Waals surface area contributed by atoms with Crippen LogP contribution in [0.4, 0.5) is 0 Å². The lowest BCUT2D eigenvalue weighted by Gasteiger charge is -2.12. The Morgan fingerprint density at radius 3 is 2.66 bits per heavy atom. The standard InChI is InChI=1S/C24H19N5O2S/c1-15-6-5-7-17(12-15)22-27-20(28-31-22)14-32-24-26-19-9-4-3-8-18(19)23(30)29(24)21-11-10-16(2)13-25-21/h3-13H,14H2,1-2H3. The number of aryl methyl sites for hydroxylation is 2. The third-order valence-corrected chi connectivity index (χ3v) is 5.87. The maximum absolute atomic E-state index is 13.3. The summed E-state index contributed by atoms with van der Waals surface area (Å²) >= 11 is 1.37. The van der Waals surface area contributed by atoms with Crippen molar-refractivity contribution in [2.45, 2.75) is 24.8 Å². The van der Waals surface area contributed by atoms with Gasteiger partial charge >= 0.3 is 0 Å². The lowest BCUT2D eigenvalue weighted by molar-refractivity contribution is 0.425. The van der Waals surface area contributed by atoms with Crippen molar-refractivity contribution in [3.63, 3.8) is 0 Å². The summed E-state index contributed by atoms with van der Waals surface area (Å²) in [5.41, 5.74) is 3.48. The van der Waals surface area contributed by atoms with Crippen molar-refractivity contribution >= 4 is 22.7 Å². The van der Waals surface area contributed by atoms with Gasteiger partial charge in [-0.05, 0) is 49.7 Å². The number of pyridine rings is 1. The SMILES string of the molecule is Cc1ccc(-n2c(SCc3noc(-c4cccc(C)c4)n3)nc3ccccc3c2=O)nc1. The van der Waals surface area contributed by atoms with Crippen LogP contribution in [0.2, 0.25) is 0 Å². The predicted molar refractivity (Wildman–Crippen MR) is 124 cm³/mol. The van der Waals surface area contributed by atoms with Crippen LogP contribution in [0.1, 0.15) is 17.0 Å². The Kier molecular flexibility index (Phi) is 5.28. The molecule has 0 aliphatic carbocycles. The molecule has 0 fully saturated rings. The molecule has 0 saturated heterocycles. The largest absolute Gasteiger partial charge is 0.334 e. The van der Waals surface area contributed by atoms with Crippen LogP contribution in [0, 0.1) is 13.8 Å². The maximum atomic E-state index is 13.3. The highest BCUT2D eigenvalue weighted by Crippen LogP contribution is 2.25. The number of aromatic nitrogens is 5. The fourth-order valence-electron chi connectivity index (χ4n) is 3.34. The molecule has 0 bridgehead atoms. The molecule has 158 valence electrons. The summed E-state index contributed by atoms with van der Waals surface area (Å²) in [5.74, 6) is 1.91. The molecule has 0 radical (unpaired) electrons. The molecule has 0 unspecified atom stereocenters. The molecule has 0 aliphatic rings. The van der Waals surface area contributed by atoms with Crippen molar-refractivity contribution in [3.8, 4) is 17.3 Å². The van der Waals surface area contributed by atoms with Gasteiger partial charge in [-0.15, -0.1) is 0 Å². The number of fused-ring (bicyclic) bond motifs is 1. The highest BCUT2D eigenvalue weighted by atomic mass is 32.2. The normalized spacial score (nSPS) is 11.2. The molecule has 0 atom stereocenters. The third-order valence-electron chi connectivity index (χ3n) is 4.93. The first-order chi connectivity index (χ1) is 15.6. The fourth-order valence-corrected chi connectivity index (χ4v) is 4.18. The molecule has 3 heterocycles. The lowest BCUT2D eigenvalue weighted by Crippen LogP contribution is -2.22. The monoisotopic (exact) mass is 441 g/mol. The van der Waals surface area contributed by atoms with Gasteiger partial charge in [0.05, 0.1) is 16.7 Å². The Morgan fingerprint density at radius 1 is 0.969 bits per heavy atom. The Labute approximate surface area is 188 Å². The molecule has 0 saturated carbocycles. The van der Waals surface area contributed by atoms with E-state index in [1.54, 1.807) is 12.3 Å². The van der Waals surface area contributed by atoms with Crippen LogP contribution in [0.5, 0.6) is 0 Å². The van der Waals surface area contributed by atoms with E-state index in [0.717, 1.165) is 16.7 Å². The van der Waals surface area contributed by atoms with Gasteiger partial charge in [-0.25, -0.2) is 14.5 Å². The summed E-state index contributed by atoms with van der Waals surface area (Å²) in [6.45, 7) is 3.97. The quantitative estimate of drug-likeness (QED) is 0.288. The molecule has 0 aliphatic heterocycles. The van der Waals surface area contributed by atoms with Gasteiger partial charge in [-0.2, -0.15) is 4.98 Å². The lowest BCUT2D eigenvalue weighted by atomic mass is 10.1. The van der Waals surface area contributed by atoms with Gasteiger partial charge in [0.25, 0.3) is 11.4 Å². The second-order valence-corrected chi connectivity index (χ2v) is 8.36. The van der Waals surface area contributed by atoms with Crippen LogP contribution in [0.15, 0.2) is 81.3 Å². The summed E-state index contributed by atoms with van der Waals surface area (Å²) in [7, 11) is 0. The molecule has 32 heavy (non-hydrogen) atoms. The summed E-state index contributed by atoms with van der Waals surface area (Å²) in [4.78, 5) is 27.0. The van der Waals surface area contributed by atoms with E-state index in [-0.39, 0.29) is 5.56 Å². The van der Waals surface area contributed by atoms with E-state index in [4.69, 9.17) is 9.51 Å². The Morgan fingerprint density at radius 2 is 1.84 bits per heavy atom. The minimum Gasteiger partial charge on any atom is -0.334 e. The van der Waals surface area contributed by atoms with Crippen molar-refractivity contribution in [3.05, 3.63) is 94.2 Å². The highest BCUT2D eigenvalue weighted by molar-refractivity contribution is 7.98. The minimum absolute atomic E-state index is 0.164. The average molecular weight is 442 g/mol. The number of rotatable bonds is 5. The Balaban J connectivity index is 1.51. The van der Waals surface area contributed by atoms with E-state index in [1.165, 1.54) is 16.3 Å². The molecule has 7 nitrogen and oxygen atoms in total. The topological polar surface area (TPSA) is 86.7 Å². The van der Waals surface area contributed by atoms with E-state index < -0.39 is 0 Å². The maximum Gasteiger partial charge on any atom is 0.267 e. The molecule has 3 aromatic heterocycles. The molecular weight excluding hydrogens is 422 g/mol. The smallest absolute Gasteiger partial charge is 0.267 e. The second-order valence-electron chi connectivity index (χ2n) is 7.42. The van der Waals surface area contributed by atoms with Gasteiger partial charge in [0.15, 0.2) is 11.0 Å². The molecule has 0 N–H and O–H groups in total. The summed E-state index contributed by atoms with van der Waals surface area (Å²) in [5, 5.41) is 5.16. The first-order valence-corrected chi connectivity index (χ1v) is 11.0. The molecule has 8 heteroatoms. The molecule has 2 aromatic carbocycles. The van der Waals surface area contributed by atoms with Gasteiger partial charge in [0, 0.05) is 11.8 Å². The molecule has 5 aromatic rings. The number of hydrogen-bond acceptors (Lipinski definition) is 7. The van der Waals surface area contributed by atoms with Gasteiger partial charge in [-0.1, -0.05) is 52.8 Å². The number of nitrogens with zero attached hydrogens (tertiary/aromatic N) is 5. The zero-order chi connectivity index (χ0) is 22.1. The predicted octanol–water partition coefficient (Wildman–Crippen LogP) is 4.74. The number of hydrogen-bond donors (Lipinski definition) is 0. The minimum atomic E-state index is -0.164.